The first-order valence-corrected chi connectivity index (χ1v) is 6.82. The first-order chi connectivity index (χ1) is 9.71. The lowest BCUT2D eigenvalue weighted by atomic mass is 9.77. The molecule has 1 saturated heterocycles. The van der Waals surface area contributed by atoms with Gasteiger partial charge in [0.2, 0.25) is 7.28 Å². The average Bonchev–Trinajstić information content (AvgIpc) is 2.47. The zero-order valence-corrected chi connectivity index (χ0v) is 11.9. The number of hydrogen-bond donors (Lipinski definition) is 1. The Morgan fingerprint density at radius 2 is 2.20 bits per heavy atom. The minimum atomic E-state index is -0.0881. The van der Waals surface area contributed by atoms with E-state index in [0.717, 1.165) is 11.3 Å². The third-order valence-electron chi connectivity index (χ3n) is 3.53. The summed E-state index contributed by atoms with van der Waals surface area (Å²) in [5.74, 6) is 0.804. The van der Waals surface area contributed by atoms with E-state index in [1.807, 2.05) is 37.3 Å². The van der Waals surface area contributed by atoms with Gasteiger partial charge >= 0.3 is 0 Å². The zero-order chi connectivity index (χ0) is 14.5. The van der Waals surface area contributed by atoms with Crippen molar-refractivity contribution in [2.24, 2.45) is 5.92 Å². The number of amides is 1. The van der Waals surface area contributed by atoms with E-state index < -0.39 is 0 Å². The normalized spacial score (nSPS) is 31.6. The molecule has 0 saturated carbocycles. The van der Waals surface area contributed by atoms with Crippen molar-refractivity contribution in [3.63, 3.8) is 0 Å². The van der Waals surface area contributed by atoms with E-state index in [9.17, 15) is 4.79 Å². The molecule has 0 spiro atoms. The van der Waals surface area contributed by atoms with E-state index in [2.05, 4.69) is 18.0 Å². The fraction of sp³-hybridized carbons (Fsp3) is 0.312. The van der Waals surface area contributed by atoms with Crippen molar-refractivity contribution >= 4 is 13.1 Å². The first-order valence-electron chi connectivity index (χ1n) is 6.82. The molecule has 4 heteroatoms. The van der Waals surface area contributed by atoms with Crippen LogP contribution in [0.15, 0.2) is 60.4 Å². The SMILES string of the molecule is C=C/C=C1/OC2C=CC=CC2C(NC(=O)[B]C)/C1=C/C. The van der Waals surface area contributed by atoms with Crippen LogP contribution in [0.1, 0.15) is 6.92 Å². The summed E-state index contributed by atoms with van der Waals surface area (Å²) in [7, 11) is 1.54. The molecule has 20 heavy (non-hydrogen) atoms. The highest BCUT2D eigenvalue weighted by molar-refractivity contribution is 6.72. The summed E-state index contributed by atoms with van der Waals surface area (Å²) >= 11 is 0. The quantitative estimate of drug-likeness (QED) is 0.799. The van der Waals surface area contributed by atoms with Crippen molar-refractivity contribution in [2.75, 3.05) is 0 Å². The summed E-state index contributed by atoms with van der Waals surface area (Å²) in [4.78, 5) is 11.8. The van der Waals surface area contributed by atoms with Gasteiger partial charge in [-0.15, -0.1) is 0 Å². The Labute approximate surface area is 121 Å². The minimum Gasteiger partial charge on any atom is -0.485 e. The van der Waals surface area contributed by atoms with Gasteiger partial charge in [-0.25, -0.2) is 0 Å². The molecule has 2 rings (SSSR count). The Morgan fingerprint density at radius 1 is 1.45 bits per heavy atom. The number of allylic oxidation sites excluding steroid dienone is 5. The maximum Gasteiger partial charge on any atom is 0.229 e. The smallest absolute Gasteiger partial charge is 0.229 e. The van der Waals surface area contributed by atoms with E-state index in [0.29, 0.717) is 0 Å². The highest BCUT2D eigenvalue weighted by Crippen LogP contribution is 2.35. The number of carbonyl (C=O) groups excluding carboxylic acids is 1. The van der Waals surface area contributed by atoms with Crippen LogP contribution in [-0.2, 0) is 4.74 Å². The average molecular weight is 268 g/mol. The van der Waals surface area contributed by atoms with Crippen molar-refractivity contribution in [3.8, 4) is 0 Å². The molecule has 0 aromatic rings. The van der Waals surface area contributed by atoms with Crippen molar-refractivity contribution < 1.29 is 9.53 Å². The Kier molecular flexibility index (Phi) is 4.67. The second-order valence-corrected chi connectivity index (χ2v) is 4.72. The van der Waals surface area contributed by atoms with Gasteiger partial charge in [0, 0.05) is 11.5 Å². The molecule has 1 heterocycles. The summed E-state index contributed by atoms with van der Waals surface area (Å²) in [6.07, 6.45) is 13.5. The highest BCUT2D eigenvalue weighted by atomic mass is 16.5. The van der Waals surface area contributed by atoms with Crippen molar-refractivity contribution in [1.29, 1.82) is 0 Å². The molecule has 2 aliphatic rings. The fourth-order valence-corrected chi connectivity index (χ4v) is 2.57. The fourth-order valence-electron chi connectivity index (χ4n) is 2.57. The van der Waals surface area contributed by atoms with E-state index >= 15 is 0 Å². The van der Waals surface area contributed by atoms with Crippen LogP contribution in [0.5, 0.6) is 0 Å². The number of hydrogen-bond acceptors (Lipinski definition) is 2. The summed E-state index contributed by atoms with van der Waals surface area (Å²) in [6.45, 7) is 7.41. The number of nitrogens with one attached hydrogen (secondary N) is 1. The van der Waals surface area contributed by atoms with Gasteiger partial charge in [0.1, 0.15) is 11.9 Å². The molecule has 1 fully saturated rings. The van der Waals surface area contributed by atoms with Crippen LogP contribution >= 0.6 is 0 Å². The van der Waals surface area contributed by atoms with Crippen LogP contribution in [0.3, 0.4) is 0 Å². The zero-order valence-electron chi connectivity index (χ0n) is 11.9. The number of rotatable bonds is 3. The van der Waals surface area contributed by atoms with Gasteiger partial charge in [-0.05, 0) is 19.1 Å². The molecular weight excluding hydrogens is 249 g/mol. The summed E-state index contributed by atoms with van der Waals surface area (Å²) in [5.41, 5.74) is 0.987. The van der Waals surface area contributed by atoms with Gasteiger partial charge in [-0.1, -0.05) is 43.8 Å². The maximum absolute atomic E-state index is 11.8. The predicted octanol–water partition coefficient (Wildman–Crippen LogP) is 2.97. The van der Waals surface area contributed by atoms with Crippen molar-refractivity contribution in [3.05, 3.63) is 60.4 Å². The summed E-state index contributed by atoms with van der Waals surface area (Å²) < 4.78 is 6.00. The summed E-state index contributed by atoms with van der Waals surface area (Å²) in [5, 5.41) is 3.05. The van der Waals surface area contributed by atoms with Crippen LogP contribution in [0.25, 0.3) is 0 Å². The van der Waals surface area contributed by atoms with Crippen molar-refractivity contribution in [1.82, 2.24) is 5.32 Å². The van der Waals surface area contributed by atoms with Gasteiger partial charge in [-0.3, -0.25) is 4.79 Å². The van der Waals surface area contributed by atoms with Gasteiger partial charge in [0.25, 0.3) is 0 Å². The van der Waals surface area contributed by atoms with Crippen LogP contribution in [0.4, 0.5) is 4.79 Å². The van der Waals surface area contributed by atoms with Crippen LogP contribution in [0, 0.1) is 5.92 Å². The topological polar surface area (TPSA) is 38.3 Å². The second kappa shape index (κ2) is 6.46. The van der Waals surface area contributed by atoms with Gasteiger partial charge in [-0.2, -0.15) is 0 Å². The van der Waals surface area contributed by atoms with Crippen LogP contribution in [-0.4, -0.2) is 25.2 Å². The Balaban J connectivity index is 2.37. The molecule has 1 radical (unpaired) electrons. The second-order valence-electron chi connectivity index (χ2n) is 4.72. The first kappa shape index (κ1) is 14.4. The lowest BCUT2D eigenvalue weighted by Gasteiger charge is -2.40. The molecule has 3 unspecified atom stereocenters. The third kappa shape index (κ3) is 2.79. The van der Waals surface area contributed by atoms with E-state index in [4.69, 9.17) is 4.74 Å². The van der Waals surface area contributed by atoms with E-state index in [1.165, 1.54) is 7.28 Å². The molecule has 0 bridgehead atoms. The lowest BCUT2D eigenvalue weighted by molar-refractivity contribution is 0.0854. The molecule has 103 valence electrons. The van der Waals surface area contributed by atoms with Crippen molar-refractivity contribution in [2.45, 2.75) is 25.9 Å². The molecule has 0 aromatic heterocycles. The molecule has 1 aliphatic heterocycles. The number of ether oxygens (including phenoxy) is 1. The number of carbonyl (C=O) groups is 1. The third-order valence-corrected chi connectivity index (χ3v) is 3.53. The van der Waals surface area contributed by atoms with Gasteiger partial charge < -0.3 is 10.1 Å². The van der Waals surface area contributed by atoms with E-state index in [1.54, 1.807) is 12.9 Å². The monoisotopic (exact) mass is 268 g/mol. The molecular formula is C16H19BNO2. The Hall–Kier alpha value is -1.97. The molecule has 1 aliphatic carbocycles. The predicted molar refractivity (Wildman–Crippen MR) is 82.6 cm³/mol. The molecule has 3 atom stereocenters. The minimum absolute atomic E-state index is 0.0583. The Bertz CT molecular complexity index is 517. The lowest BCUT2D eigenvalue weighted by Crippen LogP contribution is -2.50. The number of fused-ring (bicyclic) bond motifs is 1. The van der Waals surface area contributed by atoms with Gasteiger partial charge in [0.15, 0.2) is 5.81 Å². The standard InChI is InChI=1S/C16H19BNO2/c1-4-8-13-11(5-2)15(18-16(19)17-3)12-9-6-7-10-14(12)20-13/h4-10,12,14-15H,1H2,2-3H3,(H,18,19)/b11-5+,13-8+. The molecule has 0 aromatic carbocycles. The van der Waals surface area contributed by atoms with Crippen LogP contribution in [0.2, 0.25) is 6.82 Å². The highest BCUT2D eigenvalue weighted by Gasteiger charge is 2.38. The largest absolute Gasteiger partial charge is 0.485 e. The molecule has 1 amide bonds. The summed E-state index contributed by atoms with van der Waals surface area (Å²) in [6, 6.07) is -0.0881. The van der Waals surface area contributed by atoms with Gasteiger partial charge in [0.05, 0.1) is 6.04 Å². The maximum atomic E-state index is 11.8. The van der Waals surface area contributed by atoms with E-state index in [-0.39, 0.29) is 23.9 Å². The molecule has 1 N–H and O–H groups in total. The van der Waals surface area contributed by atoms with Crippen LogP contribution < -0.4 is 5.32 Å². The molecule has 3 nitrogen and oxygen atoms in total. The Morgan fingerprint density at radius 3 is 2.85 bits per heavy atom.